The van der Waals surface area contributed by atoms with Gasteiger partial charge in [-0.1, -0.05) is 18.2 Å². The molecule has 1 fully saturated rings. The van der Waals surface area contributed by atoms with Gasteiger partial charge in [-0.25, -0.2) is 0 Å². The Bertz CT molecular complexity index is 673. The number of hydrogen-bond acceptors (Lipinski definition) is 3. The molecule has 4 rings (SSSR count). The maximum atomic E-state index is 12.3. The molecule has 2 aromatic rings. The molecule has 3 nitrogen and oxygen atoms in total. The molecule has 1 amide bonds. The van der Waals surface area contributed by atoms with E-state index in [4.69, 9.17) is 0 Å². The van der Waals surface area contributed by atoms with Crippen LogP contribution in [0.1, 0.15) is 33.0 Å². The van der Waals surface area contributed by atoms with Crippen LogP contribution in [-0.2, 0) is 12.8 Å². The summed E-state index contributed by atoms with van der Waals surface area (Å²) in [5.74, 6) is 0.661. The number of thiophene rings is 1. The van der Waals surface area contributed by atoms with Gasteiger partial charge in [0.25, 0.3) is 5.91 Å². The lowest BCUT2D eigenvalue weighted by atomic mass is 10.1. The quantitative estimate of drug-likeness (QED) is 0.933. The van der Waals surface area contributed by atoms with Gasteiger partial charge in [0, 0.05) is 30.2 Å². The molecule has 23 heavy (non-hydrogen) atoms. The van der Waals surface area contributed by atoms with E-state index in [9.17, 15) is 4.79 Å². The number of hydrogen-bond donors (Lipinski definition) is 1. The maximum Gasteiger partial charge on any atom is 0.261 e. The van der Waals surface area contributed by atoms with E-state index in [0.29, 0.717) is 5.92 Å². The van der Waals surface area contributed by atoms with Crippen LogP contribution in [-0.4, -0.2) is 25.5 Å². The summed E-state index contributed by atoms with van der Waals surface area (Å²) in [7, 11) is 0. The molecule has 2 aliphatic rings. The zero-order valence-corrected chi connectivity index (χ0v) is 14.1. The smallest absolute Gasteiger partial charge is 0.261 e. The van der Waals surface area contributed by atoms with E-state index < -0.39 is 0 Å². The highest BCUT2D eigenvalue weighted by Crippen LogP contribution is 2.30. The number of benzene rings is 1. The fraction of sp³-hybridized carbons (Fsp3) is 0.421. The largest absolute Gasteiger partial charge is 0.371 e. The summed E-state index contributed by atoms with van der Waals surface area (Å²) >= 11 is 1.69. The molecule has 4 heteroatoms. The summed E-state index contributed by atoms with van der Waals surface area (Å²) < 4.78 is 0. The summed E-state index contributed by atoms with van der Waals surface area (Å²) in [5.41, 5.74) is 2.69. The summed E-state index contributed by atoms with van der Waals surface area (Å²) in [5, 5.41) is 3.15. The first-order valence-corrected chi connectivity index (χ1v) is 9.31. The van der Waals surface area contributed by atoms with Gasteiger partial charge in [0.05, 0.1) is 4.88 Å². The zero-order valence-electron chi connectivity index (χ0n) is 13.3. The second-order valence-corrected chi connectivity index (χ2v) is 7.70. The first kappa shape index (κ1) is 14.8. The van der Waals surface area contributed by atoms with Crippen LogP contribution in [0.25, 0.3) is 0 Å². The molecule has 120 valence electrons. The van der Waals surface area contributed by atoms with Crippen molar-refractivity contribution in [3.05, 3.63) is 51.7 Å². The lowest BCUT2D eigenvalue weighted by Crippen LogP contribution is -2.30. The molecule has 0 saturated carbocycles. The number of fused-ring (bicyclic) bond motifs is 1. The number of amides is 1. The predicted octanol–water partition coefficient (Wildman–Crippen LogP) is 3.49. The van der Waals surface area contributed by atoms with E-state index in [1.54, 1.807) is 11.3 Å². The highest BCUT2D eigenvalue weighted by molar-refractivity contribution is 7.14. The number of anilines is 1. The van der Waals surface area contributed by atoms with Crippen molar-refractivity contribution >= 4 is 22.9 Å². The highest BCUT2D eigenvalue weighted by atomic mass is 32.1. The van der Waals surface area contributed by atoms with Crippen molar-refractivity contribution in [3.63, 3.8) is 0 Å². The molecule has 0 unspecified atom stereocenters. The van der Waals surface area contributed by atoms with Crippen molar-refractivity contribution in [2.24, 2.45) is 5.92 Å². The van der Waals surface area contributed by atoms with E-state index in [1.807, 2.05) is 0 Å². The number of carbonyl (C=O) groups excluding carboxylic acids is 1. The Hall–Kier alpha value is -1.81. The van der Waals surface area contributed by atoms with Crippen molar-refractivity contribution in [1.82, 2.24) is 5.32 Å². The third kappa shape index (κ3) is 3.13. The Labute approximate surface area is 141 Å². The predicted molar refractivity (Wildman–Crippen MR) is 95.4 cm³/mol. The third-order valence-electron chi connectivity index (χ3n) is 4.93. The maximum absolute atomic E-state index is 12.3. The van der Waals surface area contributed by atoms with Gasteiger partial charge < -0.3 is 10.2 Å². The lowest BCUT2D eigenvalue weighted by molar-refractivity contribution is 0.0952. The summed E-state index contributed by atoms with van der Waals surface area (Å²) in [6.45, 7) is 2.90. The van der Waals surface area contributed by atoms with Crippen LogP contribution in [0.3, 0.4) is 0 Å². The average Bonchev–Trinajstić information content (AvgIpc) is 3.29. The molecule has 1 N–H and O–H groups in total. The number of nitrogens with zero attached hydrogens (tertiary/aromatic N) is 1. The SMILES string of the molecule is O=C(NC[C@@H]1CCN(c2ccccc2)C1)c1cc2c(s1)CCC2. The second-order valence-electron chi connectivity index (χ2n) is 6.56. The molecule has 1 aromatic carbocycles. The Balaban J connectivity index is 1.30. The molecule has 0 spiro atoms. The van der Waals surface area contributed by atoms with Crippen LogP contribution < -0.4 is 10.2 Å². The van der Waals surface area contributed by atoms with E-state index in [0.717, 1.165) is 43.8 Å². The van der Waals surface area contributed by atoms with Crippen LogP contribution in [0, 0.1) is 5.92 Å². The van der Waals surface area contributed by atoms with Crippen molar-refractivity contribution < 1.29 is 4.79 Å². The summed E-state index contributed by atoms with van der Waals surface area (Å²) in [4.78, 5) is 17.1. The van der Waals surface area contributed by atoms with Gasteiger partial charge >= 0.3 is 0 Å². The summed E-state index contributed by atoms with van der Waals surface area (Å²) in [6, 6.07) is 12.6. The topological polar surface area (TPSA) is 32.3 Å². The van der Waals surface area contributed by atoms with Crippen molar-refractivity contribution in [2.45, 2.75) is 25.7 Å². The van der Waals surface area contributed by atoms with Crippen LogP contribution in [0.5, 0.6) is 0 Å². The van der Waals surface area contributed by atoms with Gasteiger partial charge in [-0.2, -0.15) is 0 Å². The first-order chi connectivity index (χ1) is 11.3. The fourth-order valence-electron chi connectivity index (χ4n) is 3.64. The monoisotopic (exact) mass is 326 g/mol. The molecule has 1 aromatic heterocycles. The standard InChI is InChI=1S/C19H22N2OS/c22-19(18-11-15-5-4-8-17(15)23-18)20-12-14-9-10-21(13-14)16-6-2-1-3-7-16/h1-3,6-7,11,14H,4-5,8-10,12-13H2,(H,20,22)/t14-/m0/s1. The highest BCUT2D eigenvalue weighted by Gasteiger charge is 2.24. The van der Waals surface area contributed by atoms with Gasteiger partial charge in [-0.3, -0.25) is 4.79 Å². The number of carbonyl (C=O) groups is 1. The zero-order chi connectivity index (χ0) is 15.6. The first-order valence-electron chi connectivity index (χ1n) is 8.49. The molecule has 0 radical (unpaired) electrons. The minimum Gasteiger partial charge on any atom is -0.371 e. The molecule has 0 bridgehead atoms. The van der Waals surface area contributed by atoms with Gasteiger partial charge in [0.1, 0.15) is 0 Å². The van der Waals surface area contributed by atoms with Crippen LogP contribution in [0.2, 0.25) is 0 Å². The fourth-order valence-corrected chi connectivity index (χ4v) is 4.81. The van der Waals surface area contributed by atoms with E-state index in [2.05, 4.69) is 46.6 Å². The molecule has 1 aliphatic carbocycles. The second kappa shape index (κ2) is 6.36. The van der Waals surface area contributed by atoms with E-state index in [1.165, 1.54) is 22.5 Å². The number of nitrogens with one attached hydrogen (secondary N) is 1. The summed E-state index contributed by atoms with van der Waals surface area (Å²) in [6.07, 6.45) is 4.70. The average molecular weight is 326 g/mol. The van der Waals surface area contributed by atoms with Gasteiger partial charge in [0.15, 0.2) is 0 Å². The van der Waals surface area contributed by atoms with E-state index >= 15 is 0 Å². The molecule has 1 atom stereocenters. The number of rotatable bonds is 4. The Morgan fingerprint density at radius 2 is 2.13 bits per heavy atom. The van der Waals surface area contributed by atoms with Gasteiger partial charge in [0.2, 0.25) is 0 Å². The van der Waals surface area contributed by atoms with Gasteiger partial charge in [-0.05, 0) is 55.4 Å². The van der Waals surface area contributed by atoms with Crippen LogP contribution >= 0.6 is 11.3 Å². The van der Waals surface area contributed by atoms with Crippen molar-refractivity contribution in [2.75, 3.05) is 24.5 Å². The number of aryl methyl sites for hydroxylation is 2. The molecular weight excluding hydrogens is 304 g/mol. The van der Waals surface area contributed by atoms with Crippen molar-refractivity contribution in [1.29, 1.82) is 0 Å². The molecule has 1 saturated heterocycles. The molecule has 2 heterocycles. The van der Waals surface area contributed by atoms with Crippen molar-refractivity contribution in [3.8, 4) is 0 Å². The Morgan fingerprint density at radius 1 is 1.26 bits per heavy atom. The minimum atomic E-state index is 0.113. The minimum absolute atomic E-state index is 0.113. The molecular formula is C19H22N2OS. The van der Waals surface area contributed by atoms with Crippen LogP contribution in [0.15, 0.2) is 36.4 Å². The van der Waals surface area contributed by atoms with Crippen LogP contribution in [0.4, 0.5) is 5.69 Å². The number of para-hydroxylation sites is 1. The van der Waals surface area contributed by atoms with E-state index in [-0.39, 0.29) is 5.91 Å². The Kier molecular flexibility index (Phi) is 4.08. The van der Waals surface area contributed by atoms with Gasteiger partial charge in [-0.15, -0.1) is 11.3 Å². The Morgan fingerprint density at radius 3 is 2.96 bits per heavy atom. The third-order valence-corrected chi connectivity index (χ3v) is 6.16. The normalized spacial score (nSPS) is 19.8. The lowest BCUT2D eigenvalue weighted by Gasteiger charge is -2.18. The molecule has 1 aliphatic heterocycles.